The molecule has 11 heteroatoms. The number of non-ortho nitro benzene ring substituents is 1. The van der Waals surface area contributed by atoms with Gasteiger partial charge in [-0.25, -0.2) is 4.98 Å². The Kier molecular flexibility index (Phi) is 7.31. The van der Waals surface area contributed by atoms with Gasteiger partial charge in [-0.1, -0.05) is 26.8 Å². The molecule has 10 nitrogen and oxygen atoms in total. The second kappa shape index (κ2) is 10.2. The summed E-state index contributed by atoms with van der Waals surface area (Å²) in [6.45, 7) is 10.9. The Bertz CT molecular complexity index is 1620. The van der Waals surface area contributed by atoms with Gasteiger partial charge >= 0.3 is 10.1 Å². The fourth-order valence-electron chi connectivity index (χ4n) is 4.79. The Morgan fingerprint density at radius 3 is 2.31 bits per heavy atom. The second-order valence-corrected chi connectivity index (χ2v) is 12.7. The van der Waals surface area contributed by atoms with Gasteiger partial charge in [0.15, 0.2) is 11.5 Å². The average molecular weight is 553 g/mol. The minimum Gasteiger partial charge on any atom is -0.493 e. The second-order valence-electron chi connectivity index (χ2n) is 11.1. The predicted octanol–water partition coefficient (Wildman–Crippen LogP) is 6.31. The van der Waals surface area contributed by atoms with Crippen LogP contribution in [0, 0.1) is 15.5 Å². The molecule has 4 rings (SSSR count). The molecule has 2 heterocycles. The Labute approximate surface area is 227 Å². The fraction of sp³-hybridized carbons (Fsp3) is 0.321. The molecule has 4 aromatic rings. The van der Waals surface area contributed by atoms with Crippen LogP contribution in [0.15, 0.2) is 71.8 Å². The van der Waals surface area contributed by atoms with Gasteiger partial charge < -0.3 is 14.2 Å². The molecule has 206 valence electrons. The van der Waals surface area contributed by atoms with Gasteiger partial charge in [0, 0.05) is 29.4 Å². The summed E-state index contributed by atoms with van der Waals surface area (Å²) in [5.74, 6) is 0.968. The number of nitrogens with zero attached hydrogens (tertiary/aromatic N) is 3. The van der Waals surface area contributed by atoms with Crippen LogP contribution in [0.5, 0.6) is 11.5 Å². The van der Waals surface area contributed by atoms with Gasteiger partial charge in [0.25, 0.3) is 5.69 Å². The van der Waals surface area contributed by atoms with E-state index in [4.69, 9.17) is 13.9 Å². The monoisotopic (exact) mass is 552 g/mol. The zero-order valence-electron chi connectivity index (χ0n) is 22.8. The van der Waals surface area contributed by atoms with Crippen molar-refractivity contribution in [1.29, 1.82) is 0 Å². The Balaban J connectivity index is 1.72. The van der Waals surface area contributed by atoms with Crippen LogP contribution in [0.4, 0.5) is 11.5 Å². The van der Waals surface area contributed by atoms with Crippen molar-refractivity contribution in [1.82, 2.24) is 9.38 Å². The molecule has 0 saturated carbocycles. The number of pyridine rings is 1. The number of hydrogen-bond donors (Lipinski definition) is 1. The molecule has 0 bridgehead atoms. The van der Waals surface area contributed by atoms with Crippen molar-refractivity contribution in [3.05, 3.63) is 77.0 Å². The van der Waals surface area contributed by atoms with E-state index in [1.165, 1.54) is 13.2 Å². The molecule has 0 aliphatic heterocycles. The number of benzene rings is 2. The molecule has 1 N–H and O–H groups in total. The number of rotatable bonds is 9. The molecule has 2 aromatic carbocycles. The lowest BCUT2D eigenvalue weighted by atomic mass is 9.82. The maximum absolute atomic E-state index is 12.9. The van der Waals surface area contributed by atoms with E-state index >= 15 is 0 Å². The normalized spacial score (nSPS) is 12.4. The number of methoxy groups -OCH3 is 1. The van der Waals surface area contributed by atoms with E-state index in [2.05, 4.69) is 39.9 Å². The number of aromatic nitrogens is 2. The highest BCUT2D eigenvalue weighted by molar-refractivity contribution is 7.87. The van der Waals surface area contributed by atoms with Crippen LogP contribution in [0.3, 0.4) is 0 Å². The largest absolute Gasteiger partial charge is 0.493 e. The minimum absolute atomic E-state index is 0.0223. The van der Waals surface area contributed by atoms with Crippen LogP contribution in [0.1, 0.15) is 41.0 Å². The Morgan fingerprint density at radius 2 is 1.69 bits per heavy atom. The third-order valence-electron chi connectivity index (χ3n) is 5.93. The number of imidazole rings is 1. The molecular formula is C28H32N4O6S. The highest BCUT2D eigenvalue weighted by Gasteiger charge is 2.28. The van der Waals surface area contributed by atoms with Gasteiger partial charge in [-0.15, -0.1) is 0 Å². The molecule has 0 fully saturated rings. The van der Waals surface area contributed by atoms with Crippen molar-refractivity contribution in [3.63, 3.8) is 0 Å². The fourth-order valence-corrected chi connectivity index (χ4v) is 5.73. The molecule has 0 amide bonds. The van der Waals surface area contributed by atoms with Crippen molar-refractivity contribution in [2.24, 2.45) is 5.41 Å². The van der Waals surface area contributed by atoms with E-state index in [-0.39, 0.29) is 33.0 Å². The van der Waals surface area contributed by atoms with Crippen molar-refractivity contribution in [2.45, 2.75) is 51.5 Å². The lowest BCUT2D eigenvalue weighted by Gasteiger charge is -2.34. The number of fused-ring (bicyclic) bond motifs is 1. The van der Waals surface area contributed by atoms with Crippen LogP contribution < -0.4 is 14.2 Å². The zero-order valence-corrected chi connectivity index (χ0v) is 23.6. The lowest BCUT2D eigenvalue weighted by Crippen LogP contribution is -2.36. The van der Waals surface area contributed by atoms with Gasteiger partial charge in [-0.3, -0.25) is 14.5 Å². The van der Waals surface area contributed by atoms with Gasteiger partial charge in [-0.2, -0.15) is 8.42 Å². The predicted molar refractivity (Wildman–Crippen MR) is 150 cm³/mol. The number of anilines is 1. The van der Waals surface area contributed by atoms with E-state index in [1.54, 1.807) is 12.1 Å². The maximum Gasteiger partial charge on any atom is 0.339 e. The van der Waals surface area contributed by atoms with Gasteiger partial charge in [-0.05, 0) is 68.1 Å². The summed E-state index contributed by atoms with van der Waals surface area (Å²) in [5.41, 5.74) is 1.73. The molecule has 0 spiro atoms. The van der Waals surface area contributed by atoms with E-state index in [1.807, 2.05) is 28.8 Å². The maximum atomic E-state index is 12.9. The van der Waals surface area contributed by atoms with Gasteiger partial charge in [0.05, 0.1) is 12.0 Å². The number of hydrogen-bond acceptors (Lipinski definition) is 8. The van der Waals surface area contributed by atoms with Crippen LogP contribution in [0.25, 0.3) is 16.9 Å². The SMILES string of the molecule is COc1cc(-c2nc3ccccn3c2NC(C)(C)CC(C)(C)C)ccc1OS(=O)(=O)c1ccc([N+](=O)[O-])cc1. The number of nitro benzene ring substituents is 1. The van der Waals surface area contributed by atoms with Crippen molar-refractivity contribution in [2.75, 3.05) is 12.4 Å². The lowest BCUT2D eigenvalue weighted by molar-refractivity contribution is -0.384. The van der Waals surface area contributed by atoms with Crippen LogP contribution in [-0.4, -0.2) is 35.4 Å². The third kappa shape index (κ3) is 6.31. The number of ether oxygens (including phenoxy) is 1. The topological polar surface area (TPSA) is 125 Å². The van der Waals surface area contributed by atoms with Crippen molar-refractivity contribution < 1.29 is 22.3 Å². The summed E-state index contributed by atoms with van der Waals surface area (Å²) < 4.78 is 38.6. The number of nitro groups is 1. The first-order valence-electron chi connectivity index (χ1n) is 12.3. The summed E-state index contributed by atoms with van der Waals surface area (Å²) >= 11 is 0. The highest BCUT2D eigenvalue weighted by atomic mass is 32.2. The standard InChI is InChI=1S/C28H32N4O6S/c1-27(2,3)18-28(4,5)30-26-25(29-24-9-7-8-16-31(24)26)19-10-15-22(23(17-19)37-6)38-39(35,36)21-13-11-20(12-14-21)32(33)34/h7-17,30H,18H2,1-6H3. The first-order valence-corrected chi connectivity index (χ1v) is 13.7. The molecule has 0 saturated heterocycles. The molecule has 0 aliphatic carbocycles. The van der Waals surface area contributed by atoms with E-state index in [0.29, 0.717) is 11.3 Å². The summed E-state index contributed by atoms with van der Waals surface area (Å²) in [4.78, 5) is 14.9. The molecule has 0 atom stereocenters. The molecule has 0 aliphatic rings. The average Bonchev–Trinajstić information content (AvgIpc) is 3.20. The minimum atomic E-state index is -4.27. The first-order chi connectivity index (χ1) is 18.2. The summed E-state index contributed by atoms with van der Waals surface area (Å²) in [6, 6.07) is 15.1. The first kappa shape index (κ1) is 27.9. The molecule has 2 aromatic heterocycles. The molecule has 0 radical (unpaired) electrons. The molecule has 39 heavy (non-hydrogen) atoms. The van der Waals surface area contributed by atoms with Crippen LogP contribution in [0.2, 0.25) is 0 Å². The quantitative estimate of drug-likeness (QED) is 0.145. The van der Waals surface area contributed by atoms with Crippen molar-refractivity contribution >= 4 is 27.3 Å². The highest BCUT2D eigenvalue weighted by Crippen LogP contribution is 2.39. The van der Waals surface area contributed by atoms with Gasteiger partial charge in [0.2, 0.25) is 0 Å². The van der Waals surface area contributed by atoms with Crippen molar-refractivity contribution in [3.8, 4) is 22.8 Å². The third-order valence-corrected chi connectivity index (χ3v) is 7.18. The molecular weight excluding hydrogens is 520 g/mol. The number of nitrogens with one attached hydrogen (secondary N) is 1. The van der Waals surface area contributed by atoms with Crippen LogP contribution >= 0.6 is 0 Å². The van der Waals surface area contributed by atoms with Gasteiger partial charge in [0.1, 0.15) is 22.1 Å². The summed E-state index contributed by atoms with van der Waals surface area (Å²) in [7, 11) is -2.85. The van der Waals surface area contributed by atoms with E-state index in [9.17, 15) is 18.5 Å². The van der Waals surface area contributed by atoms with Crippen LogP contribution in [-0.2, 0) is 10.1 Å². The smallest absolute Gasteiger partial charge is 0.339 e. The zero-order chi connectivity index (χ0) is 28.6. The summed E-state index contributed by atoms with van der Waals surface area (Å²) in [5, 5.41) is 14.6. The Hall–Kier alpha value is -4.12. The molecule has 0 unspecified atom stereocenters. The Morgan fingerprint density at radius 1 is 1.00 bits per heavy atom. The van der Waals surface area contributed by atoms with E-state index in [0.717, 1.165) is 42.2 Å². The van der Waals surface area contributed by atoms with E-state index < -0.39 is 15.0 Å². The summed E-state index contributed by atoms with van der Waals surface area (Å²) in [6.07, 6.45) is 2.84.